The summed E-state index contributed by atoms with van der Waals surface area (Å²) in [4.78, 5) is 4.62. The van der Waals surface area contributed by atoms with Crippen molar-refractivity contribution in [3.05, 3.63) is 11.5 Å². The predicted octanol–water partition coefficient (Wildman–Crippen LogP) is 3.27. The number of aromatic nitrogens is 4. The van der Waals surface area contributed by atoms with Gasteiger partial charge < -0.3 is 4.57 Å². The zero-order valence-electron chi connectivity index (χ0n) is 10.9. The third-order valence-electron chi connectivity index (χ3n) is 3.27. The van der Waals surface area contributed by atoms with Crippen LogP contribution in [0.25, 0.3) is 11.2 Å². The highest BCUT2D eigenvalue weighted by Gasteiger charge is 2.20. The largest absolute Gasteiger partial charge is 0.309 e. The van der Waals surface area contributed by atoms with E-state index in [0.717, 1.165) is 35.6 Å². The van der Waals surface area contributed by atoms with E-state index in [2.05, 4.69) is 35.4 Å². The molecule has 1 unspecified atom stereocenters. The lowest BCUT2D eigenvalue weighted by Gasteiger charge is -2.15. The first-order chi connectivity index (χ1) is 8.13. The molecule has 0 aliphatic rings. The summed E-state index contributed by atoms with van der Waals surface area (Å²) in [6, 6.07) is 0.398. The Morgan fingerprint density at radius 1 is 1.35 bits per heavy atom. The van der Waals surface area contributed by atoms with Gasteiger partial charge in [-0.15, -0.1) is 11.6 Å². The van der Waals surface area contributed by atoms with Crippen molar-refractivity contribution in [3.63, 3.8) is 0 Å². The van der Waals surface area contributed by atoms with E-state index in [0.29, 0.717) is 11.9 Å². The molecule has 4 nitrogen and oxygen atoms in total. The SMILES string of the molecule is CCC(C)n1c(CCl)nc2c(C)nn(CC)c21. The average Bonchev–Trinajstić information content (AvgIpc) is 2.86. The molecule has 0 aliphatic carbocycles. The highest BCUT2D eigenvalue weighted by molar-refractivity contribution is 6.16. The van der Waals surface area contributed by atoms with Crippen molar-refractivity contribution < 1.29 is 0 Å². The van der Waals surface area contributed by atoms with Gasteiger partial charge in [0.05, 0.1) is 11.6 Å². The second kappa shape index (κ2) is 4.69. The Morgan fingerprint density at radius 3 is 2.59 bits per heavy atom. The minimum atomic E-state index is 0.398. The molecule has 0 radical (unpaired) electrons. The van der Waals surface area contributed by atoms with Crippen LogP contribution >= 0.6 is 11.6 Å². The molecule has 0 aromatic carbocycles. The highest BCUT2D eigenvalue weighted by atomic mass is 35.5. The molecule has 0 saturated heterocycles. The van der Waals surface area contributed by atoms with E-state index in [1.165, 1.54) is 0 Å². The molecule has 0 saturated carbocycles. The van der Waals surface area contributed by atoms with Gasteiger partial charge in [0.15, 0.2) is 5.65 Å². The van der Waals surface area contributed by atoms with Gasteiger partial charge >= 0.3 is 0 Å². The molecule has 2 rings (SSSR count). The maximum atomic E-state index is 6.00. The Hall–Kier alpha value is -1.03. The van der Waals surface area contributed by atoms with E-state index < -0.39 is 0 Å². The smallest absolute Gasteiger partial charge is 0.159 e. The number of fused-ring (bicyclic) bond motifs is 1. The van der Waals surface area contributed by atoms with Gasteiger partial charge in [0.25, 0.3) is 0 Å². The van der Waals surface area contributed by atoms with Crippen molar-refractivity contribution in [1.29, 1.82) is 0 Å². The maximum Gasteiger partial charge on any atom is 0.159 e. The van der Waals surface area contributed by atoms with Gasteiger partial charge in [0.1, 0.15) is 11.3 Å². The molecule has 5 heteroatoms. The number of imidazole rings is 1. The highest BCUT2D eigenvalue weighted by Crippen LogP contribution is 2.26. The summed E-state index contributed by atoms with van der Waals surface area (Å²) in [5.74, 6) is 1.39. The molecule has 2 aromatic rings. The van der Waals surface area contributed by atoms with Crippen LogP contribution < -0.4 is 0 Å². The monoisotopic (exact) mass is 254 g/mol. The first-order valence-electron chi connectivity index (χ1n) is 6.14. The van der Waals surface area contributed by atoms with Crippen LogP contribution in [0, 0.1) is 6.92 Å². The van der Waals surface area contributed by atoms with E-state index in [1.807, 2.05) is 11.6 Å². The Morgan fingerprint density at radius 2 is 2.06 bits per heavy atom. The van der Waals surface area contributed by atoms with Crippen LogP contribution in [-0.4, -0.2) is 19.3 Å². The quantitative estimate of drug-likeness (QED) is 0.785. The van der Waals surface area contributed by atoms with E-state index >= 15 is 0 Å². The van der Waals surface area contributed by atoms with E-state index in [1.54, 1.807) is 0 Å². The Labute approximate surface area is 107 Å². The van der Waals surface area contributed by atoms with E-state index in [-0.39, 0.29) is 0 Å². The zero-order valence-corrected chi connectivity index (χ0v) is 11.6. The average molecular weight is 255 g/mol. The van der Waals surface area contributed by atoms with Crippen molar-refractivity contribution in [2.24, 2.45) is 0 Å². The summed E-state index contributed by atoms with van der Waals surface area (Å²) in [5.41, 5.74) is 3.08. The lowest BCUT2D eigenvalue weighted by Crippen LogP contribution is -2.11. The number of alkyl halides is 1. The minimum absolute atomic E-state index is 0.398. The molecular formula is C12H19ClN4. The number of aryl methyl sites for hydroxylation is 2. The molecule has 1 atom stereocenters. The molecule has 94 valence electrons. The Kier molecular flexibility index (Phi) is 3.43. The predicted molar refractivity (Wildman–Crippen MR) is 70.5 cm³/mol. The molecule has 0 N–H and O–H groups in total. The van der Waals surface area contributed by atoms with Crippen LogP contribution in [0.15, 0.2) is 0 Å². The molecule has 0 aliphatic heterocycles. The van der Waals surface area contributed by atoms with E-state index in [4.69, 9.17) is 11.6 Å². The summed E-state index contributed by atoms with van der Waals surface area (Å²) in [6.07, 6.45) is 1.06. The second-order valence-corrected chi connectivity index (χ2v) is 4.63. The van der Waals surface area contributed by atoms with Gasteiger partial charge in [-0.2, -0.15) is 5.10 Å². The fourth-order valence-electron chi connectivity index (χ4n) is 2.19. The summed E-state index contributed by atoms with van der Waals surface area (Å²) in [6.45, 7) is 9.32. The lowest BCUT2D eigenvalue weighted by atomic mass is 10.2. The van der Waals surface area contributed by atoms with E-state index in [9.17, 15) is 0 Å². The standard InChI is InChI=1S/C12H19ClN4/c1-5-8(3)17-10(7-13)14-11-9(4)15-16(6-2)12(11)17/h8H,5-7H2,1-4H3. The fraction of sp³-hybridized carbons (Fsp3) is 0.667. The van der Waals surface area contributed by atoms with Crippen molar-refractivity contribution in [3.8, 4) is 0 Å². The molecule has 0 fully saturated rings. The van der Waals surface area contributed by atoms with Gasteiger partial charge in [-0.25, -0.2) is 9.67 Å². The van der Waals surface area contributed by atoms with Gasteiger partial charge in [-0.3, -0.25) is 0 Å². The molecule has 0 amide bonds. The van der Waals surface area contributed by atoms with Crippen molar-refractivity contribution in [2.45, 2.75) is 52.6 Å². The van der Waals surface area contributed by atoms with Gasteiger partial charge in [0, 0.05) is 12.6 Å². The van der Waals surface area contributed by atoms with Crippen LogP contribution in [-0.2, 0) is 12.4 Å². The number of halogens is 1. The molecule has 2 aromatic heterocycles. The fourth-order valence-corrected chi connectivity index (χ4v) is 2.38. The number of hydrogen-bond donors (Lipinski definition) is 0. The second-order valence-electron chi connectivity index (χ2n) is 4.36. The van der Waals surface area contributed by atoms with Gasteiger partial charge in [0.2, 0.25) is 0 Å². The van der Waals surface area contributed by atoms with Crippen molar-refractivity contribution in [1.82, 2.24) is 19.3 Å². The van der Waals surface area contributed by atoms with Crippen LogP contribution in [0.3, 0.4) is 0 Å². The number of nitrogens with zero attached hydrogens (tertiary/aromatic N) is 4. The summed E-state index contributed by atoms with van der Waals surface area (Å²) in [5, 5.41) is 4.51. The van der Waals surface area contributed by atoms with Gasteiger partial charge in [-0.1, -0.05) is 6.92 Å². The summed E-state index contributed by atoms with van der Waals surface area (Å²) < 4.78 is 4.24. The molecule has 0 spiro atoms. The minimum Gasteiger partial charge on any atom is -0.309 e. The van der Waals surface area contributed by atoms with Gasteiger partial charge in [-0.05, 0) is 27.2 Å². The first kappa shape index (κ1) is 12.4. The van der Waals surface area contributed by atoms with Crippen LogP contribution in [0.2, 0.25) is 0 Å². The number of hydrogen-bond acceptors (Lipinski definition) is 2. The van der Waals surface area contributed by atoms with Crippen molar-refractivity contribution in [2.75, 3.05) is 0 Å². The topological polar surface area (TPSA) is 35.6 Å². The third-order valence-corrected chi connectivity index (χ3v) is 3.51. The normalized spacial score (nSPS) is 13.5. The Balaban J connectivity index is 2.75. The molecule has 0 bridgehead atoms. The Bertz CT molecular complexity index is 526. The maximum absolute atomic E-state index is 6.00. The molecule has 17 heavy (non-hydrogen) atoms. The van der Waals surface area contributed by atoms with Crippen LogP contribution in [0.5, 0.6) is 0 Å². The first-order valence-corrected chi connectivity index (χ1v) is 6.67. The van der Waals surface area contributed by atoms with Crippen LogP contribution in [0.1, 0.15) is 44.8 Å². The lowest BCUT2D eigenvalue weighted by molar-refractivity contribution is 0.511. The molecule has 2 heterocycles. The third kappa shape index (κ3) is 1.84. The van der Waals surface area contributed by atoms with Crippen molar-refractivity contribution >= 4 is 22.8 Å². The summed E-state index contributed by atoms with van der Waals surface area (Å²) >= 11 is 6.00. The molecular weight excluding hydrogens is 236 g/mol. The zero-order chi connectivity index (χ0) is 12.6. The number of rotatable bonds is 4. The summed E-state index contributed by atoms with van der Waals surface area (Å²) in [7, 11) is 0. The van der Waals surface area contributed by atoms with Crippen LogP contribution in [0.4, 0.5) is 0 Å².